The number of hydrogen-bond acceptors (Lipinski definition) is 4. The molecule has 1 N–H and O–H groups in total. The van der Waals surface area contributed by atoms with E-state index in [1.807, 2.05) is 0 Å². The highest BCUT2D eigenvalue weighted by Gasteiger charge is 2.18. The third-order valence-electron chi connectivity index (χ3n) is 4.37. The first kappa shape index (κ1) is 19.7. The van der Waals surface area contributed by atoms with Crippen molar-refractivity contribution in [1.82, 2.24) is 19.9 Å². The molecule has 3 rings (SSSR count). The van der Waals surface area contributed by atoms with E-state index in [0.717, 1.165) is 0 Å². The smallest absolute Gasteiger partial charge is 0.255 e. The number of amides is 1. The zero-order chi connectivity index (χ0) is 20.3. The van der Waals surface area contributed by atoms with Gasteiger partial charge in [-0.1, -0.05) is 17.7 Å². The molecule has 0 atom stereocenters. The minimum Gasteiger partial charge on any atom is -0.341 e. The van der Waals surface area contributed by atoms with Gasteiger partial charge in [0.25, 0.3) is 5.56 Å². The number of aromatic nitrogens is 3. The van der Waals surface area contributed by atoms with Gasteiger partial charge in [0.05, 0.1) is 6.42 Å². The van der Waals surface area contributed by atoms with Gasteiger partial charge in [-0.25, -0.2) is 9.37 Å². The zero-order valence-electron chi connectivity index (χ0n) is 15.4. The number of aryl methyl sites for hydroxylation is 1. The molecule has 0 aliphatic carbocycles. The summed E-state index contributed by atoms with van der Waals surface area (Å²) >= 11 is 6.02. The lowest BCUT2D eigenvalue weighted by atomic mass is 10.1. The van der Waals surface area contributed by atoms with Gasteiger partial charge in [-0.15, -0.1) is 0 Å². The maximum atomic E-state index is 13.9. The number of pyridine rings is 1. The lowest BCUT2D eigenvalue weighted by Gasteiger charge is -2.19. The number of aromatic amines is 1. The largest absolute Gasteiger partial charge is 0.341 e. The van der Waals surface area contributed by atoms with Crippen molar-refractivity contribution in [2.45, 2.75) is 19.9 Å². The highest BCUT2D eigenvalue weighted by Crippen LogP contribution is 2.20. The van der Waals surface area contributed by atoms with Crippen molar-refractivity contribution in [2.24, 2.45) is 0 Å². The van der Waals surface area contributed by atoms with Gasteiger partial charge in [-0.3, -0.25) is 14.6 Å². The van der Waals surface area contributed by atoms with Crippen molar-refractivity contribution in [3.05, 3.63) is 80.7 Å². The lowest BCUT2D eigenvalue weighted by Crippen LogP contribution is -2.31. The van der Waals surface area contributed by atoms with Crippen molar-refractivity contribution in [1.29, 1.82) is 0 Å². The molecule has 0 aliphatic rings. The molecule has 8 heteroatoms. The predicted octanol–water partition coefficient (Wildman–Crippen LogP) is 3.13. The Hall–Kier alpha value is -3.06. The summed E-state index contributed by atoms with van der Waals surface area (Å²) in [7, 11) is 1.53. The number of nitrogens with zero attached hydrogens (tertiary/aromatic N) is 3. The molecule has 0 unspecified atom stereocenters. The van der Waals surface area contributed by atoms with E-state index < -0.39 is 11.4 Å². The van der Waals surface area contributed by atoms with Gasteiger partial charge >= 0.3 is 0 Å². The van der Waals surface area contributed by atoms with Crippen LogP contribution in [0.5, 0.6) is 0 Å². The van der Waals surface area contributed by atoms with Crippen LogP contribution in [0.2, 0.25) is 5.02 Å². The number of benzene rings is 1. The van der Waals surface area contributed by atoms with E-state index in [9.17, 15) is 14.0 Å². The highest BCUT2D eigenvalue weighted by molar-refractivity contribution is 6.31. The van der Waals surface area contributed by atoms with Crippen LogP contribution in [0.1, 0.15) is 16.8 Å². The quantitative estimate of drug-likeness (QED) is 0.713. The Morgan fingerprint density at radius 2 is 2.04 bits per heavy atom. The summed E-state index contributed by atoms with van der Waals surface area (Å²) in [6.45, 7) is 1.67. The van der Waals surface area contributed by atoms with E-state index in [0.29, 0.717) is 17.1 Å². The molecule has 0 fully saturated rings. The predicted molar refractivity (Wildman–Crippen MR) is 104 cm³/mol. The van der Waals surface area contributed by atoms with Gasteiger partial charge in [0, 0.05) is 53.4 Å². The van der Waals surface area contributed by atoms with Crippen LogP contribution < -0.4 is 5.56 Å². The average molecular weight is 401 g/mol. The molecule has 1 amide bonds. The third kappa shape index (κ3) is 4.26. The first-order chi connectivity index (χ1) is 13.4. The average Bonchev–Trinajstić information content (AvgIpc) is 2.68. The van der Waals surface area contributed by atoms with Crippen LogP contribution in [0.15, 0.2) is 47.5 Å². The Labute approximate surface area is 166 Å². The second-order valence-electron chi connectivity index (χ2n) is 6.35. The molecule has 2 heterocycles. The molecule has 0 aliphatic heterocycles. The molecule has 1 aromatic carbocycles. The van der Waals surface area contributed by atoms with E-state index in [2.05, 4.69) is 15.0 Å². The van der Waals surface area contributed by atoms with Gasteiger partial charge in [0.15, 0.2) is 0 Å². The number of H-pyrrole nitrogens is 1. The van der Waals surface area contributed by atoms with Gasteiger partial charge < -0.3 is 9.88 Å². The Morgan fingerprint density at radius 3 is 2.68 bits per heavy atom. The monoisotopic (exact) mass is 400 g/mol. The molecule has 28 heavy (non-hydrogen) atoms. The molecule has 0 saturated carbocycles. The molecule has 0 spiro atoms. The van der Waals surface area contributed by atoms with E-state index in [1.165, 1.54) is 24.1 Å². The summed E-state index contributed by atoms with van der Waals surface area (Å²) in [6, 6.07) is 7.87. The highest BCUT2D eigenvalue weighted by atomic mass is 35.5. The summed E-state index contributed by atoms with van der Waals surface area (Å²) in [6.07, 6.45) is 3.07. The topological polar surface area (TPSA) is 79.0 Å². The fourth-order valence-electron chi connectivity index (χ4n) is 2.75. The summed E-state index contributed by atoms with van der Waals surface area (Å²) in [5, 5.41) is 0.246. The molecule has 0 saturated heterocycles. The Balaban J connectivity index is 1.79. The van der Waals surface area contributed by atoms with Crippen molar-refractivity contribution in [2.75, 3.05) is 7.05 Å². The zero-order valence-corrected chi connectivity index (χ0v) is 16.1. The standard InChI is InChI=1S/C20H18ClFN4O2/c1-12-14(20(28)25-19(24-12)13-5-4-8-23-10-13)9-18(27)26(2)11-15-16(21)6-3-7-17(15)22/h3-8,10H,9,11H2,1-2H3,(H,24,25,28). The van der Waals surface area contributed by atoms with Gasteiger partial charge in [-0.2, -0.15) is 0 Å². The minimum absolute atomic E-state index is 0.00247. The summed E-state index contributed by atoms with van der Waals surface area (Å²) < 4.78 is 13.9. The SMILES string of the molecule is Cc1nc(-c2cccnc2)[nH]c(=O)c1CC(=O)N(C)Cc1c(F)cccc1Cl. The minimum atomic E-state index is -0.483. The van der Waals surface area contributed by atoms with Gasteiger partial charge in [-0.05, 0) is 31.2 Å². The fraction of sp³-hybridized carbons (Fsp3) is 0.200. The number of carbonyl (C=O) groups is 1. The van der Waals surface area contributed by atoms with E-state index >= 15 is 0 Å². The van der Waals surface area contributed by atoms with Crippen LogP contribution in [0.25, 0.3) is 11.4 Å². The molecule has 6 nitrogen and oxygen atoms in total. The first-order valence-electron chi connectivity index (χ1n) is 8.54. The summed E-state index contributed by atoms with van der Waals surface area (Å²) in [4.78, 5) is 37.5. The maximum absolute atomic E-state index is 13.9. The number of likely N-dealkylation sites (N-methyl/N-ethyl adjacent to an activating group) is 1. The molecule has 0 radical (unpaired) electrons. The number of nitrogens with one attached hydrogen (secondary N) is 1. The van der Waals surface area contributed by atoms with E-state index in [1.54, 1.807) is 37.5 Å². The lowest BCUT2D eigenvalue weighted by molar-refractivity contribution is -0.129. The van der Waals surface area contributed by atoms with Gasteiger partial charge in [0.2, 0.25) is 5.91 Å². The second-order valence-corrected chi connectivity index (χ2v) is 6.75. The van der Waals surface area contributed by atoms with Crippen LogP contribution in [-0.4, -0.2) is 32.8 Å². The first-order valence-corrected chi connectivity index (χ1v) is 8.91. The Morgan fingerprint density at radius 1 is 1.25 bits per heavy atom. The van der Waals surface area contributed by atoms with Crippen LogP contribution in [0, 0.1) is 12.7 Å². The number of rotatable bonds is 5. The third-order valence-corrected chi connectivity index (χ3v) is 4.72. The Bertz CT molecular complexity index is 1050. The van der Waals surface area contributed by atoms with Crippen LogP contribution in [0.4, 0.5) is 4.39 Å². The molecular formula is C20H18ClFN4O2. The van der Waals surface area contributed by atoms with Crippen LogP contribution >= 0.6 is 11.6 Å². The molecule has 2 aromatic heterocycles. The number of carbonyl (C=O) groups excluding carboxylic acids is 1. The number of halogens is 2. The van der Waals surface area contributed by atoms with E-state index in [4.69, 9.17) is 11.6 Å². The second kappa shape index (κ2) is 8.31. The number of hydrogen-bond donors (Lipinski definition) is 1. The Kier molecular flexibility index (Phi) is 5.84. The molecule has 3 aromatic rings. The molecular weight excluding hydrogens is 383 g/mol. The maximum Gasteiger partial charge on any atom is 0.255 e. The van der Waals surface area contributed by atoms with Crippen LogP contribution in [0.3, 0.4) is 0 Å². The normalized spacial score (nSPS) is 10.7. The van der Waals surface area contributed by atoms with E-state index in [-0.39, 0.29) is 35.0 Å². The van der Waals surface area contributed by atoms with Crippen molar-refractivity contribution in [3.8, 4) is 11.4 Å². The van der Waals surface area contributed by atoms with Crippen molar-refractivity contribution in [3.63, 3.8) is 0 Å². The van der Waals surface area contributed by atoms with Crippen molar-refractivity contribution < 1.29 is 9.18 Å². The summed E-state index contributed by atoms with van der Waals surface area (Å²) in [5.74, 6) is -0.439. The van der Waals surface area contributed by atoms with Crippen molar-refractivity contribution >= 4 is 17.5 Å². The molecule has 0 bridgehead atoms. The fourth-order valence-corrected chi connectivity index (χ4v) is 2.98. The summed E-state index contributed by atoms with van der Waals surface area (Å²) in [5.41, 5.74) is 1.23. The molecule has 144 valence electrons. The van der Waals surface area contributed by atoms with Gasteiger partial charge in [0.1, 0.15) is 11.6 Å². The van der Waals surface area contributed by atoms with Crippen LogP contribution in [-0.2, 0) is 17.8 Å².